The second-order valence-electron chi connectivity index (χ2n) is 8.40. The Labute approximate surface area is 182 Å². The van der Waals surface area contributed by atoms with Gasteiger partial charge in [-0.3, -0.25) is 4.90 Å². The van der Waals surface area contributed by atoms with Gasteiger partial charge in [0, 0.05) is 25.3 Å². The predicted molar refractivity (Wildman–Crippen MR) is 127 cm³/mol. The SMILES string of the molecule is CCCCC1(C)CS(=O)(=O)c2ccc(N(C)C)cc2C(c2ccccc2)N1C.CN. The van der Waals surface area contributed by atoms with E-state index in [-0.39, 0.29) is 11.8 Å². The van der Waals surface area contributed by atoms with Crippen molar-refractivity contribution in [2.75, 3.05) is 38.8 Å². The molecule has 0 saturated heterocycles. The molecular weight excluding hydrogens is 394 g/mol. The summed E-state index contributed by atoms with van der Waals surface area (Å²) in [5, 5.41) is 0. The quantitative estimate of drug-likeness (QED) is 0.772. The Kier molecular flexibility index (Phi) is 8.08. The fraction of sp³-hybridized carbons (Fsp3) is 0.500. The number of fused-ring (bicyclic) bond motifs is 1. The normalized spacial score (nSPS) is 23.0. The van der Waals surface area contributed by atoms with Gasteiger partial charge in [0.1, 0.15) is 0 Å². The Balaban J connectivity index is 0.00000155. The van der Waals surface area contributed by atoms with Gasteiger partial charge < -0.3 is 10.6 Å². The van der Waals surface area contributed by atoms with Gasteiger partial charge in [-0.25, -0.2) is 8.42 Å². The lowest BCUT2D eigenvalue weighted by atomic mass is 9.89. The third kappa shape index (κ3) is 4.88. The maximum atomic E-state index is 13.4. The molecule has 2 aromatic carbocycles. The first-order chi connectivity index (χ1) is 14.2. The number of hydrogen-bond donors (Lipinski definition) is 1. The first kappa shape index (κ1) is 24.4. The van der Waals surface area contributed by atoms with Crippen LogP contribution in [-0.2, 0) is 9.84 Å². The van der Waals surface area contributed by atoms with Crippen molar-refractivity contribution in [3.05, 3.63) is 59.7 Å². The summed E-state index contributed by atoms with van der Waals surface area (Å²) in [7, 11) is 4.16. The highest BCUT2D eigenvalue weighted by Gasteiger charge is 2.44. The highest BCUT2D eigenvalue weighted by molar-refractivity contribution is 7.91. The number of sulfone groups is 1. The number of unbranched alkanes of at least 4 members (excludes halogenated alkanes) is 1. The summed E-state index contributed by atoms with van der Waals surface area (Å²) >= 11 is 0. The highest BCUT2D eigenvalue weighted by Crippen LogP contribution is 2.43. The van der Waals surface area contributed by atoms with Gasteiger partial charge in [-0.1, -0.05) is 50.1 Å². The minimum absolute atomic E-state index is 0.102. The summed E-state index contributed by atoms with van der Waals surface area (Å²) in [6.07, 6.45) is 2.92. The molecule has 2 N–H and O–H groups in total. The zero-order valence-electron chi connectivity index (χ0n) is 19.2. The number of rotatable bonds is 5. The van der Waals surface area contributed by atoms with Crippen LogP contribution in [0.25, 0.3) is 0 Å². The molecule has 0 spiro atoms. The topological polar surface area (TPSA) is 66.6 Å². The van der Waals surface area contributed by atoms with Crippen molar-refractivity contribution in [3.8, 4) is 0 Å². The predicted octanol–water partition coefficient (Wildman–Crippen LogP) is 4.08. The average Bonchev–Trinajstić information content (AvgIpc) is 2.80. The van der Waals surface area contributed by atoms with Crippen LogP contribution in [0.4, 0.5) is 5.69 Å². The smallest absolute Gasteiger partial charge is 0.180 e. The molecule has 0 amide bonds. The fourth-order valence-corrected chi connectivity index (χ4v) is 6.39. The largest absolute Gasteiger partial charge is 0.378 e. The van der Waals surface area contributed by atoms with E-state index in [2.05, 4.69) is 43.7 Å². The Morgan fingerprint density at radius 3 is 2.33 bits per heavy atom. The van der Waals surface area contributed by atoms with E-state index in [0.717, 1.165) is 36.1 Å². The van der Waals surface area contributed by atoms with Crippen LogP contribution in [0.3, 0.4) is 0 Å². The summed E-state index contributed by atoms with van der Waals surface area (Å²) in [6, 6.07) is 15.9. The van der Waals surface area contributed by atoms with Crippen LogP contribution in [0.1, 0.15) is 50.3 Å². The second kappa shape index (κ2) is 9.94. The van der Waals surface area contributed by atoms with E-state index in [1.807, 2.05) is 49.3 Å². The number of nitrogens with zero attached hydrogens (tertiary/aromatic N) is 2. The van der Waals surface area contributed by atoms with Gasteiger partial charge in [0.2, 0.25) is 0 Å². The van der Waals surface area contributed by atoms with Crippen molar-refractivity contribution in [3.63, 3.8) is 0 Å². The molecule has 2 unspecified atom stereocenters. The van der Waals surface area contributed by atoms with Crippen molar-refractivity contribution >= 4 is 15.5 Å². The molecule has 0 aromatic heterocycles. The van der Waals surface area contributed by atoms with Crippen molar-refractivity contribution in [2.45, 2.75) is 49.6 Å². The van der Waals surface area contributed by atoms with E-state index in [1.54, 1.807) is 6.07 Å². The minimum atomic E-state index is -3.39. The molecule has 0 aliphatic carbocycles. The average molecular weight is 432 g/mol. The van der Waals surface area contributed by atoms with Crippen molar-refractivity contribution in [2.24, 2.45) is 5.73 Å². The third-order valence-electron chi connectivity index (χ3n) is 6.06. The Morgan fingerprint density at radius 2 is 1.77 bits per heavy atom. The molecule has 166 valence electrons. The minimum Gasteiger partial charge on any atom is -0.378 e. The van der Waals surface area contributed by atoms with E-state index < -0.39 is 15.4 Å². The van der Waals surface area contributed by atoms with Gasteiger partial charge in [-0.15, -0.1) is 0 Å². The summed E-state index contributed by atoms with van der Waals surface area (Å²) in [5.41, 5.74) is 7.09. The zero-order chi connectivity index (χ0) is 22.5. The van der Waals surface area contributed by atoms with Gasteiger partial charge in [-0.05, 0) is 56.8 Å². The van der Waals surface area contributed by atoms with Crippen LogP contribution in [-0.4, -0.2) is 52.8 Å². The summed E-state index contributed by atoms with van der Waals surface area (Å²) in [6.45, 7) is 4.26. The molecule has 0 radical (unpaired) electrons. The van der Waals surface area contributed by atoms with E-state index in [4.69, 9.17) is 0 Å². The molecule has 0 bridgehead atoms. The summed E-state index contributed by atoms with van der Waals surface area (Å²) in [5.74, 6) is 0.147. The van der Waals surface area contributed by atoms with Gasteiger partial charge in [0.25, 0.3) is 0 Å². The summed E-state index contributed by atoms with van der Waals surface area (Å²) in [4.78, 5) is 4.79. The molecule has 1 heterocycles. The standard InChI is InChI=1S/C23H32N2O2S.CH5N/c1-6-7-15-23(2)17-28(26,27)21-14-13-19(24(3)4)16-20(21)22(25(23)5)18-11-9-8-10-12-18;1-2/h8-14,16,22H,6-7,15,17H2,1-5H3;2H2,1H3. The number of anilines is 1. The molecule has 5 nitrogen and oxygen atoms in total. The Bertz CT molecular complexity index is 929. The van der Waals surface area contributed by atoms with Crippen molar-refractivity contribution in [1.82, 2.24) is 4.90 Å². The second-order valence-corrected chi connectivity index (χ2v) is 10.4. The maximum Gasteiger partial charge on any atom is 0.180 e. The van der Waals surface area contributed by atoms with Crippen molar-refractivity contribution in [1.29, 1.82) is 0 Å². The first-order valence-electron chi connectivity index (χ1n) is 10.6. The zero-order valence-corrected chi connectivity index (χ0v) is 20.0. The number of benzene rings is 2. The molecular formula is C24H37N3O2S. The third-order valence-corrected chi connectivity index (χ3v) is 8.11. The van der Waals surface area contributed by atoms with Crippen LogP contribution in [0.15, 0.2) is 53.4 Å². The molecule has 2 aromatic rings. The summed E-state index contributed by atoms with van der Waals surface area (Å²) < 4.78 is 26.9. The molecule has 0 saturated carbocycles. The molecule has 1 aliphatic heterocycles. The number of nitrogens with two attached hydrogens (primary N) is 1. The first-order valence-corrected chi connectivity index (χ1v) is 12.2. The Hall–Kier alpha value is -1.89. The van der Waals surface area contributed by atoms with E-state index in [0.29, 0.717) is 4.90 Å². The monoisotopic (exact) mass is 431 g/mol. The van der Waals surface area contributed by atoms with Crippen LogP contribution in [0, 0.1) is 0 Å². The van der Waals surface area contributed by atoms with Gasteiger partial charge in [0.05, 0.1) is 16.7 Å². The van der Waals surface area contributed by atoms with E-state index in [9.17, 15) is 8.42 Å². The number of hydrogen-bond acceptors (Lipinski definition) is 5. The van der Waals surface area contributed by atoms with Crippen molar-refractivity contribution < 1.29 is 8.42 Å². The van der Waals surface area contributed by atoms with Crippen LogP contribution in [0.2, 0.25) is 0 Å². The van der Waals surface area contributed by atoms with Crippen LogP contribution >= 0.6 is 0 Å². The van der Waals surface area contributed by atoms with Gasteiger partial charge in [0.15, 0.2) is 9.84 Å². The molecule has 0 fully saturated rings. The molecule has 1 aliphatic rings. The van der Waals surface area contributed by atoms with E-state index in [1.165, 1.54) is 7.05 Å². The molecule has 2 atom stereocenters. The lowest BCUT2D eigenvalue weighted by Crippen LogP contribution is -2.49. The lowest BCUT2D eigenvalue weighted by Gasteiger charge is -2.42. The molecule has 6 heteroatoms. The molecule has 3 rings (SSSR count). The lowest BCUT2D eigenvalue weighted by molar-refractivity contribution is 0.113. The highest BCUT2D eigenvalue weighted by atomic mass is 32.2. The van der Waals surface area contributed by atoms with Crippen LogP contribution in [0.5, 0.6) is 0 Å². The van der Waals surface area contributed by atoms with Crippen LogP contribution < -0.4 is 10.6 Å². The molecule has 30 heavy (non-hydrogen) atoms. The maximum absolute atomic E-state index is 13.4. The van der Waals surface area contributed by atoms with Gasteiger partial charge in [-0.2, -0.15) is 0 Å². The fourth-order valence-electron chi connectivity index (χ4n) is 4.26. The van der Waals surface area contributed by atoms with E-state index >= 15 is 0 Å². The Morgan fingerprint density at radius 1 is 1.13 bits per heavy atom. The van der Waals surface area contributed by atoms with Gasteiger partial charge >= 0.3 is 0 Å².